The van der Waals surface area contributed by atoms with E-state index >= 15 is 0 Å². The Balaban J connectivity index is 2.09. The van der Waals surface area contributed by atoms with Gasteiger partial charge in [-0.3, -0.25) is 0 Å². The van der Waals surface area contributed by atoms with Crippen molar-refractivity contribution in [1.82, 2.24) is 9.97 Å². The summed E-state index contributed by atoms with van der Waals surface area (Å²) in [5.41, 5.74) is -1.65. The molecule has 0 aliphatic heterocycles. The van der Waals surface area contributed by atoms with E-state index in [1.807, 2.05) is 30.3 Å². The molecule has 3 aromatic rings. The van der Waals surface area contributed by atoms with Crippen LogP contribution in [0.15, 0.2) is 59.9 Å². The number of hydrogen-bond donors (Lipinski definition) is 1. The maximum atomic E-state index is 12.9. The molecule has 0 saturated carbocycles. The fraction of sp³-hybridized carbons (Fsp3) is 0.100. The Morgan fingerprint density at radius 3 is 2.67 bits per heavy atom. The molecule has 0 saturated heterocycles. The molecule has 3 rings (SSSR count). The molecule has 0 aliphatic rings. The number of nitrogens with one attached hydrogen (secondary N) is 1. The molecule has 0 unspecified atom stereocenters. The van der Waals surface area contributed by atoms with Gasteiger partial charge in [-0.1, -0.05) is 43.0 Å². The highest BCUT2D eigenvalue weighted by atomic mass is 19.4. The molecule has 27 heavy (non-hydrogen) atoms. The number of hydrogen-bond acceptors (Lipinski definition) is 3. The largest absolute Gasteiger partial charge is 0.489 e. The number of halogens is 3. The van der Waals surface area contributed by atoms with Crippen LogP contribution >= 0.6 is 0 Å². The van der Waals surface area contributed by atoms with Gasteiger partial charge in [0.2, 0.25) is 0 Å². The van der Waals surface area contributed by atoms with Gasteiger partial charge in [0.05, 0.1) is 5.69 Å². The summed E-state index contributed by atoms with van der Waals surface area (Å²) < 4.78 is 44.3. The Hall–Kier alpha value is -3.35. The Bertz CT molecular complexity index is 1070. The van der Waals surface area contributed by atoms with E-state index in [0.717, 1.165) is 16.8 Å². The number of benzene rings is 2. The molecule has 0 atom stereocenters. The van der Waals surface area contributed by atoms with Crippen molar-refractivity contribution in [3.63, 3.8) is 0 Å². The minimum Gasteiger partial charge on any atom is -0.489 e. The molecule has 1 heterocycles. The Morgan fingerprint density at radius 1 is 1.15 bits per heavy atom. The van der Waals surface area contributed by atoms with Crippen molar-refractivity contribution < 1.29 is 17.9 Å². The van der Waals surface area contributed by atoms with E-state index in [1.54, 1.807) is 23.2 Å². The normalized spacial score (nSPS) is 11.8. The summed E-state index contributed by atoms with van der Waals surface area (Å²) in [4.78, 5) is 16.7. The summed E-state index contributed by atoms with van der Waals surface area (Å²) in [5.74, 6) is 0.547. The maximum Gasteiger partial charge on any atom is 0.431 e. The molecular weight excluding hydrogens is 357 g/mol. The van der Waals surface area contributed by atoms with Crippen LogP contribution in [0, 0.1) is 0 Å². The molecule has 1 aromatic heterocycles. The second-order valence-corrected chi connectivity index (χ2v) is 5.65. The van der Waals surface area contributed by atoms with Crippen molar-refractivity contribution in [2.75, 3.05) is 6.61 Å². The molecule has 0 amide bonds. The van der Waals surface area contributed by atoms with Crippen LogP contribution in [0.2, 0.25) is 0 Å². The number of aromatic nitrogens is 2. The molecule has 0 spiro atoms. The highest BCUT2D eigenvalue weighted by molar-refractivity contribution is 5.95. The van der Waals surface area contributed by atoms with E-state index in [-0.39, 0.29) is 12.3 Å². The summed E-state index contributed by atoms with van der Waals surface area (Å²) in [6.45, 7) is 3.88. The minimum absolute atomic E-state index is 0.103. The van der Waals surface area contributed by atoms with Gasteiger partial charge < -0.3 is 9.72 Å². The van der Waals surface area contributed by atoms with Crippen molar-refractivity contribution in [3.05, 3.63) is 82.6 Å². The van der Waals surface area contributed by atoms with Crippen LogP contribution in [0.4, 0.5) is 13.2 Å². The molecule has 0 bridgehead atoms. The van der Waals surface area contributed by atoms with E-state index in [1.165, 1.54) is 6.08 Å². The van der Waals surface area contributed by atoms with Gasteiger partial charge in [-0.05, 0) is 35.1 Å². The van der Waals surface area contributed by atoms with Gasteiger partial charge in [0.15, 0.2) is 0 Å². The third-order valence-electron chi connectivity index (χ3n) is 3.78. The molecule has 4 nitrogen and oxygen atoms in total. The lowest BCUT2D eigenvalue weighted by Gasteiger charge is -2.11. The van der Waals surface area contributed by atoms with Gasteiger partial charge in [-0.25, -0.2) is 4.79 Å². The van der Waals surface area contributed by atoms with Crippen LogP contribution in [0.3, 0.4) is 0 Å². The molecule has 2 aromatic carbocycles. The van der Waals surface area contributed by atoms with E-state index in [9.17, 15) is 18.0 Å². The third kappa shape index (κ3) is 4.25. The average Bonchev–Trinajstić information content (AvgIpc) is 2.63. The van der Waals surface area contributed by atoms with E-state index in [0.29, 0.717) is 11.3 Å². The van der Waals surface area contributed by atoms with Gasteiger partial charge in [-0.15, -0.1) is 0 Å². The first-order chi connectivity index (χ1) is 12.9. The van der Waals surface area contributed by atoms with Gasteiger partial charge in [0.1, 0.15) is 18.1 Å². The number of rotatable bonds is 5. The number of nitrogens with zero attached hydrogens (tertiary/aromatic N) is 1. The van der Waals surface area contributed by atoms with Crippen molar-refractivity contribution in [2.24, 2.45) is 0 Å². The number of aromatic amines is 1. The average molecular weight is 372 g/mol. The van der Waals surface area contributed by atoms with E-state index in [2.05, 4.69) is 11.6 Å². The minimum atomic E-state index is -4.66. The second kappa shape index (κ2) is 7.49. The fourth-order valence-corrected chi connectivity index (χ4v) is 2.61. The first-order valence-electron chi connectivity index (χ1n) is 8.00. The van der Waals surface area contributed by atoms with Gasteiger partial charge in [0, 0.05) is 5.56 Å². The van der Waals surface area contributed by atoms with Crippen LogP contribution in [-0.4, -0.2) is 16.6 Å². The predicted molar refractivity (Wildman–Crippen MR) is 98.4 cm³/mol. The standard InChI is InChI=1S/C20H15F3N2O2/c1-2-11-27-17-10-7-13-5-3-4-6-15(13)16(17)9-8-14-12-18(20(21,22)23)25-19(26)24-14/h2-10,12H,1,11H2,(H,24,25,26). The van der Waals surface area contributed by atoms with E-state index < -0.39 is 17.6 Å². The number of alkyl halides is 3. The van der Waals surface area contributed by atoms with Crippen molar-refractivity contribution in [1.29, 1.82) is 0 Å². The maximum absolute atomic E-state index is 12.9. The van der Waals surface area contributed by atoms with Crippen molar-refractivity contribution in [2.45, 2.75) is 6.18 Å². The molecule has 7 heteroatoms. The zero-order valence-corrected chi connectivity index (χ0v) is 14.1. The van der Waals surface area contributed by atoms with Crippen LogP contribution in [0.5, 0.6) is 5.75 Å². The topological polar surface area (TPSA) is 55.0 Å². The van der Waals surface area contributed by atoms with Crippen LogP contribution in [0.25, 0.3) is 22.9 Å². The Morgan fingerprint density at radius 2 is 1.93 bits per heavy atom. The Labute approximate surface area is 152 Å². The summed E-state index contributed by atoms with van der Waals surface area (Å²) in [6, 6.07) is 12.0. The molecule has 1 N–H and O–H groups in total. The zero-order valence-electron chi connectivity index (χ0n) is 14.1. The molecule has 0 radical (unpaired) electrons. The second-order valence-electron chi connectivity index (χ2n) is 5.65. The highest BCUT2D eigenvalue weighted by Gasteiger charge is 2.32. The van der Waals surface area contributed by atoms with Crippen LogP contribution < -0.4 is 10.4 Å². The van der Waals surface area contributed by atoms with Crippen molar-refractivity contribution in [3.8, 4) is 5.75 Å². The molecule has 0 aliphatic carbocycles. The quantitative estimate of drug-likeness (QED) is 0.662. The van der Waals surface area contributed by atoms with Gasteiger partial charge in [0.25, 0.3) is 0 Å². The Kier molecular flexibility index (Phi) is 5.12. The third-order valence-corrected chi connectivity index (χ3v) is 3.78. The molecule has 138 valence electrons. The lowest BCUT2D eigenvalue weighted by molar-refractivity contribution is -0.141. The number of fused-ring (bicyclic) bond motifs is 1. The van der Waals surface area contributed by atoms with Crippen LogP contribution in [-0.2, 0) is 6.18 Å². The first-order valence-corrected chi connectivity index (χ1v) is 8.00. The molecule has 0 fully saturated rings. The number of ether oxygens (including phenoxy) is 1. The highest BCUT2D eigenvalue weighted by Crippen LogP contribution is 2.31. The monoisotopic (exact) mass is 372 g/mol. The predicted octanol–water partition coefficient (Wildman–Crippen LogP) is 4.68. The summed E-state index contributed by atoms with van der Waals surface area (Å²) in [5, 5.41) is 1.80. The van der Waals surface area contributed by atoms with E-state index in [4.69, 9.17) is 4.74 Å². The van der Waals surface area contributed by atoms with Crippen molar-refractivity contribution >= 4 is 22.9 Å². The van der Waals surface area contributed by atoms with Crippen LogP contribution in [0.1, 0.15) is 17.0 Å². The smallest absolute Gasteiger partial charge is 0.431 e. The SMILES string of the molecule is C=CCOc1ccc2ccccc2c1C=Cc1cc(C(F)(F)F)[nH]c(=O)n1. The summed E-state index contributed by atoms with van der Waals surface area (Å²) in [6.07, 6.45) is -0.130. The zero-order chi connectivity index (χ0) is 19.4. The lowest BCUT2D eigenvalue weighted by atomic mass is 10.0. The van der Waals surface area contributed by atoms with Gasteiger partial charge in [-0.2, -0.15) is 18.2 Å². The summed E-state index contributed by atoms with van der Waals surface area (Å²) >= 11 is 0. The first kappa shape index (κ1) is 18.4. The van der Waals surface area contributed by atoms with Gasteiger partial charge >= 0.3 is 11.9 Å². The summed E-state index contributed by atoms with van der Waals surface area (Å²) in [7, 11) is 0. The number of H-pyrrole nitrogens is 1. The lowest BCUT2D eigenvalue weighted by Crippen LogP contribution is -2.19. The molecular formula is C20H15F3N2O2. The fourth-order valence-electron chi connectivity index (χ4n) is 2.61.